The smallest absolute Gasteiger partial charge is 0.0948 e. The second-order valence-corrected chi connectivity index (χ2v) is 4.93. The predicted octanol–water partition coefficient (Wildman–Crippen LogP) is 2.54. The highest BCUT2D eigenvalue weighted by Crippen LogP contribution is 2.19. The van der Waals surface area contributed by atoms with Gasteiger partial charge < -0.3 is 9.88 Å². The molecule has 0 amide bonds. The van der Waals surface area contributed by atoms with Crippen LogP contribution in [0.4, 0.5) is 0 Å². The van der Waals surface area contributed by atoms with Gasteiger partial charge in [0.15, 0.2) is 0 Å². The molecule has 2 atom stereocenters. The molecule has 3 nitrogen and oxygen atoms in total. The monoisotopic (exact) mass is 221 g/mol. The maximum Gasteiger partial charge on any atom is 0.0948 e. The zero-order valence-electron chi connectivity index (χ0n) is 10.4. The van der Waals surface area contributed by atoms with Crippen LogP contribution in [0.1, 0.15) is 51.1 Å². The number of aromatic nitrogens is 2. The summed E-state index contributed by atoms with van der Waals surface area (Å²) in [4.78, 5) is 4.29. The van der Waals surface area contributed by atoms with Crippen LogP contribution in [0.25, 0.3) is 0 Å². The van der Waals surface area contributed by atoms with Gasteiger partial charge in [0.1, 0.15) is 0 Å². The molecule has 2 rings (SSSR count). The van der Waals surface area contributed by atoms with Crippen molar-refractivity contribution in [1.29, 1.82) is 0 Å². The van der Waals surface area contributed by atoms with Crippen LogP contribution in [0, 0.1) is 0 Å². The van der Waals surface area contributed by atoms with Crippen molar-refractivity contribution in [2.75, 3.05) is 6.54 Å². The van der Waals surface area contributed by atoms with Crippen molar-refractivity contribution in [3.05, 3.63) is 18.2 Å². The van der Waals surface area contributed by atoms with Gasteiger partial charge in [0.05, 0.1) is 6.33 Å². The lowest BCUT2D eigenvalue weighted by Gasteiger charge is -2.25. The molecule has 3 heteroatoms. The fourth-order valence-corrected chi connectivity index (χ4v) is 2.42. The van der Waals surface area contributed by atoms with Crippen LogP contribution < -0.4 is 5.32 Å². The Morgan fingerprint density at radius 3 is 3.12 bits per heavy atom. The average Bonchev–Trinajstić information content (AvgIpc) is 2.77. The zero-order chi connectivity index (χ0) is 11.4. The summed E-state index contributed by atoms with van der Waals surface area (Å²) in [6.07, 6.45) is 9.19. The molecule has 2 unspecified atom stereocenters. The number of rotatable bonds is 4. The number of piperidine rings is 1. The Balaban J connectivity index is 2.00. The minimum atomic E-state index is 0.617. The summed E-state index contributed by atoms with van der Waals surface area (Å²) in [5.74, 6) is 0.617. The Labute approximate surface area is 98.3 Å². The average molecular weight is 221 g/mol. The first kappa shape index (κ1) is 11.6. The molecular formula is C13H23N3. The highest BCUT2D eigenvalue weighted by molar-refractivity contribution is 5.05. The highest BCUT2D eigenvalue weighted by Gasteiger charge is 2.16. The Hall–Kier alpha value is -0.830. The van der Waals surface area contributed by atoms with Crippen molar-refractivity contribution in [1.82, 2.24) is 14.9 Å². The van der Waals surface area contributed by atoms with E-state index >= 15 is 0 Å². The molecule has 1 fully saturated rings. The maximum atomic E-state index is 4.29. The number of nitrogens with zero attached hydrogens (tertiary/aromatic N) is 2. The first-order valence-electron chi connectivity index (χ1n) is 6.54. The van der Waals surface area contributed by atoms with E-state index in [1.165, 1.54) is 37.9 Å². The Bertz CT molecular complexity index is 313. The lowest BCUT2D eigenvalue weighted by atomic mass is 10.0. The first-order valence-corrected chi connectivity index (χ1v) is 6.54. The zero-order valence-corrected chi connectivity index (χ0v) is 10.4. The first-order chi connectivity index (χ1) is 7.81. The van der Waals surface area contributed by atoms with E-state index in [0.29, 0.717) is 12.0 Å². The van der Waals surface area contributed by atoms with Crippen LogP contribution in [0.3, 0.4) is 0 Å². The third-order valence-corrected chi connectivity index (χ3v) is 3.69. The lowest BCUT2D eigenvalue weighted by molar-refractivity contribution is 0.357. The fourth-order valence-electron chi connectivity index (χ4n) is 2.42. The van der Waals surface area contributed by atoms with Gasteiger partial charge in [0.2, 0.25) is 0 Å². The minimum Gasteiger partial charge on any atom is -0.333 e. The second-order valence-electron chi connectivity index (χ2n) is 4.93. The largest absolute Gasteiger partial charge is 0.333 e. The van der Waals surface area contributed by atoms with Crippen molar-refractivity contribution in [3.63, 3.8) is 0 Å². The molecule has 0 spiro atoms. The molecule has 1 saturated heterocycles. The summed E-state index contributed by atoms with van der Waals surface area (Å²) >= 11 is 0. The Morgan fingerprint density at radius 2 is 2.44 bits per heavy atom. The highest BCUT2D eigenvalue weighted by atomic mass is 15.1. The van der Waals surface area contributed by atoms with Gasteiger partial charge in [-0.3, -0.25) is 0 Å². The number of imidazole rings is 1. The molecule has 1 aliphatic rings. The molecule has 90 valence electrons. The van der Waals surface area contributed by atoms with Crippen LogP contribution in [0.2, 0.25) is 0 Å². The summed E-state index contributed by atoms with van der Waals surface area (Å²) in [5.41, 5.74) is 1.38. The topological polar surface area (TPSA) is 29.9 Å². The minimum absolute atomic E-state index is 0.617. The Kier molecular flexibility index (Phi) is 3.99. The van der Waals surface area contributed by atoms with Crippen LogP contribution in [0.15, 0.2) is 12.5 Å². The van der Waals surface area contributed by atoms with Crippen LogP contribution in [-0.2, 0) is 6.54 Å². The van der Waals surface area contributed by atoms with Gasteiger partial charge in [-0.25, -0.2) is 4.98 Å². The molecule has 0 radical (unpaired) electrons. The lowest BCUT2D eigenvalue weighted by Crippen LogP contribution is -2.37. The summed E-state index contributed by atoms with van der Waals surface area (Å²) in [7, 11) is 0. The SMILES string of the molecule is CCC(C)c1cncn1CC1CCCCN1. The third-order valence-electron chi connectivity index (χ3n) is 3.69. The third kappa shape index (κ3) is 2.64. The van der Waals surface area contributed by atoms with Crippen molar-refractivity contribution >= 4 is 0 Å². The quantitative estimate of drug-likeness (QED) is 0.846. The Morgan fingerprint density at radius 1 is 1.56 bits per heavy atom. The fraction of sp³-hybridized carbons (Fsp3) is 0.769. The normalized spacial score (nSPS) is 23.2. The van der Waals surface area contributed by atoms with E-state index in [1.54, 1.807) is 0 Å². The van der Waals surface area contributed by atoms with Crippen molar-refractivity contribution in [2.45, 2.75) is 58.0 Å². The van der Waals surface area contributed by atoms with E-state index < -0.39 is 0 Å². The predicted molar refractivity (Wildman–Crippen MR) is 66.6 cm³/mol. The van der Waals surface area contributed by atoms with Crippen LogP contribution >= 0.6 is 0 Å². The molecule has 1 aromatic heterocycles. The maximum absolute atomic E-state index is 4.29. The summed E-state index contributed by atoms with van der Waals surface area (Å²) in [5, 5.41) is 3.59. The standard InChI is InChI=1S/C13H23N3/c1-3-11(2)13-8-14-10-16(13)9-12-6-4-5-7-15-12/h8,10-12,15H,3-7,9H2,1-2H3. The van der Waals surface area contributed by atoms with Gasteiger partial charge in [0, 0.05) is 24.5 Å². The number of hydrogen-bond donors (Lipinski definition) is 1. The summed E-state index contributed by atoms with van der Waals surface area (Å²) in [6, 6.07) is 0.644. The summed E-state index contributed by atoms with van der Waals surface area (Å²) < 4.78 is 2.33. The molecule has 1 N–H and O–H groups in total. The van der Waals surface area contributed by atoms with Crippen LogP contribution in [-0.4, -0.2) is 22.1 Å². The van der Waals surface area contributed by atoms with Gasteiger partial charge in [0.25, 0.3) is 0 Å². The van der Waals surface area contributed by atoms with Crippen molar-refractivity contribution in [3.8, 4) is 0 Å². The molecule has 0 aliphatic carbocycles. The van der Waals surface area contributed by atoms with E-state index in [1.807, 2.05) is 12.5 Å². The molecule has 0 bridgehead atoms. The van der Waals surface area contributed by atoms with E-state index in [9.17, 15) is 0 Å². The van der Waals surface area contributed by atoms with Gasteiger partial charge in [-0.05, 0) is 31.7 Å². The van der Waals surface area contributed by atoms with Crippen molar-refractivity contribution in [2.24, 2.45) is 0 Å². The molecule has 1 aromatic rings. The van der Waals surface area contributed by atoms with E-state index in [4.69, 9.17) is 0 Å². The molecule has 0 saturated carbocycles. The molecule has 0 aromatic carbocycles. The number of nitrogens with one attached hydrogen (secondary N) is 1. The van der Waals surface area contributed by atoms with Crippen LogP contribution in [0.5, 0.6) is 0 Å². The van der Waals surface area contributed by atoms with E-state index in [2.05, 4.69) is 28.7 Å². The molecule has 2 heterocycles. The molecule has 1 aliphatic heterocycles. The van der Waals surface area contributed by atoms with Gasteiger partial charge in [-0.1, -0.05) is 20.3 Å². The van der Waals surface area contributed by atoms with E-state index in [0.717, 1.165) is 6.54 Å². The van der Waals surface area contributed by atoms with Gasteiger partial charge in [-0.2, -0.15) is 0 Å². The number of hydrogen-bond acceptors (Lipinski definition) is 2. The summed E-state index contributed by atoms with van der Waals surface area (Å²) in [6.45, 7) is 6.78. The van der Waals surface area contributed by atoms with Crippen molar-refractivity contribution < 1.29 is 0 Å². The van der Waals surface area contributed by atoms with E-state index in [-0.39, 0.29) is 0 Å². The molecular weight excluding hydrogens is 198 g/mol. The van der Waals surface area contributed by atoms with Gasteiger partial charge >= 0.3 is 0 Å². The second kappa shape index (κ2) is 5.48. The molecule has 16 heavy (non-hydrogen) atoms. The van der Waals surface area contributed by atoms with Gasteiger partial charge in [-0.15, -0.1) is 0 Å².